The summed E-state index contributed by atoms with van der Waals surface area (Å²) < 4.78 is 29.4. The topological polar surface area (TPSA) is 43.8 Å². The van der Waals surface area contributed by atoms with Crippen molar-refractivity contribution in [2.45, 2.75) is 13.0 Å². The quantitative estimate of drug-likeness (QED) is 0.805. The average molecular weight is 287 g/mol. The molecule has 0 saturated carbocycles. The summed E-state index contributed by atoms with van der Waals surface area (Å²) in [4.78, 5) is 4.51. The fourth-order valence-corrected chi connectivity index (χ4v) is 2.50. The summed E-state index contributed by atoms with van der Waals surface area (Å²) in [7, 11) is 1.84. The van der Waals surface area contributed by atoms with Crippen molar-refractivity contribution < 1.29 is 8.78 Å². The maximum absolute atomic E-state index is 13.8. The molecular weight excluding hydrogens is 272 g/mol. The van der Waals surface area contributed by atoms with E-state index in [0.29, 0.717) is 12.4 Å². The van der Waals surface area contributed by atoms with Gasteiger partial charge >= 0.3 is 0 Å². The number of halogens is 2. The van der Waals surface area contributed by atoms with Gasteiger partial charge in [0.15, 0.2) is 0 Å². The number of hydrogen-bond acceptors (Lipinski definition) is 2. The molecule has 0 unspecified atom stereocenters. The van der Waals surface area contributed by atoms with Crippen LogP contribution in [-0.4, -0.2) is 9.55 Å². The third kappa shape index (κ3) is 2.29. The van der Waals surface area contributed by atoms with Gasteiger partial charge < -0.3 is 10.3 Å². The largest absolute Gasteiger partial charge is 0.331 e. The SMILES string of the molecule is Cn1c(Cc2c(F)cccc2F)nc2c(CN)cccc21. The van der Waals surface area contributed by atoms with Crippen LogP contribution in [0.15, 0.2) is 36.4 Å². The van der Waals surface area contributed by atoms with Gasteiger partial charge in [0.2, 0.25) is 0 Å². The number of fused-ring (bicyclic) bond motifs is 1. The lowest BCUT2D eigenvalue weighted by Gasteiger charge is -2.05. The van der Waals surface area contributed by atoms with Gasteiger partial charge in [-0.25, -0.2) is 13.8 Å². The van der Waals surface area contributed by atoms with E-state index in [1.807, 2.05) is 29.8 Å². The van der Waals surface area contributed by atoms with Gasteiger partial charge in [-0.05, 0) is 23.8 Å². The molecule has 3 rings (SSSR count). The van der Waals surface area contributed by atoms with Crippen LogP contribution in [0.25, 0.3) is 11.0 Å². The average Bonchev–Trinajstić information content (AvgIpc) is 2.80. The van der Waals surface area contributed by atoms with E-state index in [9.17, 15) is 8.78 Å². The van der Waals surface area contributed by atoms with Gasteiger partial charge in [-0.1, -0.05) is 18.2 Å². The Morgan fingerprint density at radius 2 is 1.76 bits per heavy atom. The Kier molecular flexibility index (Phi) is 3.43. The molecule has 0 spiro atoms. The van der Waals surface area contributed by atoms with Crippen LogP contribution in [0.5, 0.6) is 0 Å². The van der Waals surface area contributed by atoms with Crippen molar-refractivity contribution >= 4 is 11.0 Å². The van der Waals surface area contributed by atoms with Crippen molar-refractivity contribution in [3.8, 4) is 0 Å². The third-order valence-corrected chi connectivity index (χ3v) is 3.70. The van der Waals surface area contributed by atoms with E-state index >= 15 is 0 Å². The third-order valence-electron chi connectivity index (χ3n) is 3.70. The van der Waals surface area contributed by atoms with Gasteiger partial charge in [0, 0.05) is 25.6 Å². The first-order chi connectivity index (χ1) is 10.1. The maximum Gasteiger partial charge on any atom is 0.129 e. The standard InChI is InChI=1S/C16H15F2N3/c1-21-14-7-2-4-10(9-19)16(14)20-15(21)8-11-12(17)5-3-6-13(11)18/h2-7H,8-9,19H2,1H3. The monoisotopic (exact) mass is 287 g/mol. The van der Waals surface area contributed by atoms with Crippen molar-refractivity contribution in [1.82, 2.24) is 9.55 Å². The van der Waals surface area contributed by atoms with Gasteiger partial charge in [-0.3, -0.25) is 0 Å². The lowest BCUT2D eigenvalue weighted by molar-refractivity contribution is 0.558. The Bertz CT molecular complexity index is 788. The molecule has 2 aromatic carbocycles. The molecule has 0 atom stereocenters. The summed E-state index contributed by atoms with van der Waals surface area (Å²) in [5.41, 5.74) is 8.35. The van der Waals surface area contributed by atoms with E-state index in [4.69, 9.17) is 5.73 Å². The molecule has 1 aromatic heterocycles. The number of para-hydroxylation sites is 1. The number of aryl methyl sites for hydroxylation is 1. The summed E-state index contributed by atoms with van der Waals surface area (Å²) >= 11 is 0. The van der Waals surface area contributed by atoms with Crippen LogP contribution in [0.1, 0.15) is 17.0 Å². The number of rotatable bonds is 3. The Balaban J connectivity index is 2.11. The van der Waals surface area contributed by atoms with Gasteiger partial charge in [-0.2, -0.15) is 0 Å². The lowest BCUT2D eigenvalue weighted by atomic mass is 10.1. The number of nitrogens with zero attached hydrogens (tertiary/aromatic N) is 2. The number of imidazole rings is 1. The summed E-state index contributed by atoms with van der Waals surface area (Å²) in [6.45, 7) is 0.377. The molecule has 0 radical (unpaired) electrons. The number of hydrogen-bond donors (Lipinski definition) is 1. The zero-order valence-corrected chi connectivity index (χ0v) is 11.6. The molecule has 0 saturated heterocycles. The second-order valence-electron chi connectivity index (χ2n) is 4.95. The molecule has 3 aromatic rings. The lowest BCUT2D eigenvalue weighted by Crippen LogP contribution is -2.03. The molecule has 0 aliphatic rings. The predicted octanol–water partition coefficient (Wildman–Crippen LogP) is 2.90. The molecule has 3 nitrogen and oxygen atoms in total. The fraction of sp³-hybridized carbons (Fsp3) is 0.188. The Labute approximate surface area is 121 Å². The van der Waals surface area contributed by atoms with Crippen LogP contribution >= 0.6 is 0 Å². The van der Waals surface area contributed by atoms with E-state index in [2.05, 4.69) is 4.98 Å². The van der Waals surface area contributed by atoms with E-state index in [0.717, 1.165) is 16.6 Å². The van der Waals surface area contributed by atoms with Crippen molar-refractivity contribution in [1.29, 1.82) is 0 Å². The molecule has 21 heavy (non-hydrogen) atoms. The van der Waals surface area contributed by atoms with Crippen LogP contribution < -0.4 is 5.73 Å². The zero-order valence-electron chi connectivity index (χ0n) is 11.6. The number of nitrogens with two attached hydrogens (primary N) is 1. The minimum Gasteiger partial charge on any atom is -0.331 e. The van der Waals surface area contributed by atoms with E-state index in [1.54, 1.807) is 0 Å². The Morgan fingerprint density at radius 3 is 2.43 bits per heavy atom. The van der Waals surface area contributed by atoms with Gasteiger partial charge in [0.25, 0.3) is 0 Å². The van der Waals surface area contributed by atoms with Crippen molar-refractivity contribution in [3.63, 3.8) is 0 Å². The van der Waals surface area contributed by atoms with Crippen molar-refractivity contribution in [3.05, 3.63) is 65.0 Å². The smallest absolute Gasteiger partial charge is 0.129 e. The Hall–Kier alpha value is -2.27. The normalized spacial score (nSPS) is 11.2. The minimum absolute atomic E-state index is 0.0326. The summed E-state index contributed by atoms with van der Waals surface area (Å²) in [6.07, 6.45) is 0.105. The highest BCUT2D eigenvalue weighted by atomic mass is 19.1. The minimum atomic E-state index is -0.555. The molecule has 0 aliphatic heterocycles. The first-order valence-corrected chi connectivity index (χ1v) is 6.68. The van der Waals surface area contributed by atoms with Gasteiger partial charge in [0.1, 0.15) is 17.5 Å². The highest BCUT2D eigenvalue weighted by Gasteiger charge is 2.15. The molecule has 0 aliphatic carbocycles. The maximum atomic E-state index is 13.8. The summed E-state index contributed by atoms with van der Waals surface area (Å²) in [6, 6.07) is 9.60. The van der Waals surface area contributed by atoms with Crippen molar-refractivity contribution in [2.24, 2.45) is 12.8 Å². The van der Waals surface area contributed by atoms with Crippen LogP contribution in [0, 0.1) is 11.6 Å². The van der Waals surface area contributed by atoms with Gasteiger partial charge in [0.05, 0.1) is 11.0 Å². The fourth-order valence-electron chi connectivity index (χ4n) is 2.50. The van der Waals surface area contributed by atoms with E-state index < -0.39 is 11.6 Å². The van der Waals surface area contributed by atoms with Crippen LogP contribution in [0.3, 0.4) is 0 Å². The predicted molar refractivity (Wildman–Crippen MR) is 77.8 cm³/mol. The van der Waals surface area contributed by atoms with Crippen LogP contribution in [0.2, 0.25) is 0 Å². The molecule has 0 amide bonds. The molecule has 0 fully saturated rings. The van der Waals surface area contributed by atoms with E-state index in [-0.39, 0.29) is 12.0 Å². The van der Waals surface area contributed by atoms with Crippen LogP contribution in [-0.2, 0) is 20.0 Å². The van der Waals surface area contributed by atoms with E-state index in [1.165, 1.54) is 18.2 Å². The number of aromatic nitrogens is 2. The molecule has 108 valence electrons. The van der Waals surface area contributed by atoms with Crippen LogP contribution in [0.4, 0.5) is 8.78 Å². The first kappa shape index (κ1) is 13.7. The summed E-state index contributed by atoms with van der Waals surface area (Å²) in [5, 5.41) is 0. The van der Waals surface area contributed by atoms with Crippen molar-refractivity contribution in [2.75, 3.05) is 0 Å². The molecule has 1 heterocycles. The molecular formula is C16H15F2N3. The molecule has 5 heteroatoms. The zero-order chi connectivity index (χ0) is 15.0. The number of benzene rings is 2. The molecule has 0 bridgehead atoms. The highest BCUT2D eigenvalue weighted by Crippen LogP contribution is 2.22. The van der Waals surface area contributed by atoms with Gasteiger partial charge in [-0.15, -0.1) is 0 Å². The molecule has 2 N–H and O–H groups in total. The first-order valence-electron chi connectivity index (χ1n) is 6.68. The highest BCUT2D eigenvalue weighted by molar-refractivity contribution is 5.79. The summed E-state index contributed by atoms with van der Waals surface area (Å²) in [5.74, 6) is -0.503. The second-order valence-corrected chi connectivity index (χ2v) is 4.95. The second kappa shape index (κ2) is 5.26. The Morgan fingerprint density at radius 1 is 1.10 bits per heavy atom.